The molecule has 11 nitrogen and oxygen atoms in total. The van der Waals surface area contributed by atoms with Crippen molar-refractivity contribution in [2.24, 2.45) is 0 Å². The van der Waals surface area contributed by atoms with E-state index in [1.54, 1.807) is 20.8 Å². The van der Waals surface area contributed by atoms with Gasteiger partial charge >= 0.3 is 18.2 Å². The van der Waals surface area contributed by atoms with Crippen LogP contribution in [0.4, 0.5) is 31.1 Å². The fraction of sp³-hybridized carbons (Fsp3) is 0.613. The molecule has 1 fully saturated rings. The van der Waals surface area contributed by atoms with Gasteiger partial charge in [-0.2, -0.15) is 13.2 Å². The molecule has 1 N–H and O–H groups in total. The topological polar surface area (TPSA) is 115 Å². The number of alkyl halides is 3. The van der Waals surface area contributed by atoms with Crippen LogP contribution in [0.1, 0.15) is 67.6 Å². The molecule has 0 spiro atoms. The minimum absolute atomic E-state index is 0.0436. The number of hydrogen-bond acceptors (Lipinski definition) is 8. The van der Waals surface area contributed by atoms with Crippen LogP contribution in [0.5, 0.6) is 0 Å². The van der Waals surface area contributed by atoms with Gasteiger partial charge < -0.3 is 29.0 Å². The average molecular weight is 692 g/mol. The van der Waals surface area contributed by atoms with Crippen LogP contribution in [0.2, 0.25) is 0 Å². The predicted octanol–water partition coefficient (Wildman–Crippen LogP) is 4.46. The Morgan fingerprint density at radius 2 is 1.67 bits per heavy atom. The molecule has 1 saturated heterocycles. The second-order valence-electron chi connectivity index (χ2n) is 12.6. The number of esters is 1. The zero-order valence-corrected chi connectivity index (χ0v) is 26.9. The van der Waals surface area contributed by atoms with Gasteiger partial charge in [0, 0.05) is 44.7 Å². The van der Waals surface area contributed by atoms with Gasteiger partial charge in [-0.1, -0.05) is 0 Å². The number of alkyl carbamates (subject to hydrolysis) is 1. The summed E-state index contributed by atoms with van der Waals surface area (Å²) in [4.78, 5) is 45.9. The van der Waals surface area contributed by atoms with Crippen LogP contribution in [-0.4, -0.2) is 95.0 Å². The minimum atomic E-state index is -4.89. The second kappa shape index (κ2) is 15.6. The van der Waals surface area contributed by atoms with Crippen molar-refractivity contribution >= 4 is 18.0 Å². The summed E-state index contributed by atoms with van der Waals surface area (Å²) < 4.78 is 100. The largest absolute Gasteiger partial charge is 0.461 e. The molecule has 1 atom stereocenters. The van der Waals surface area contributed by atoms with E-state index in [-0.39, 0.29) is 31.0 Å². The minimum Gasteiger partial charge on any atom is -0.461 e. The van der Waals surface area contributed by atoms with Crippen LogP contribution in [0.25, 0.3) is 0 Å². The number of morpholine rings is 1. The van der Waals surface area contributed by atoms with Crippen LogP contribution in [-0.2, 0) is 44.7 Å². The number of imidazole rings is 1. The normalized spacial score (nSPS) is 16.3. The molecule has 17 heteroatoms. The summed E-state index contributed by atoms with van der Waals surface area (Å²) >= 11 is 0. The Balaban J connectivity index is 1.47. The van der Waals surface area contributed by atoms with Crippen LogP contribution in [0.15, 0.2) is 12.1 Å². The van der Waals surface area contributed by atoms with Crippen molar-refractivity contribution in [3.63, 3.8) is 0 Å². The standard InChI is InChI=1S/C31H39F6N5O6/c1-30(2,3)48-29(45)38-20(14-19-15-22(33)23(34)17-21(19)32)16-25(43)41-7-8-42-24(18-41)26(39-28(42)31(35,36)37)27(44)47-11-5-4-6-40-9-12-46-13-10-40/h15,17,20H,4-14,16,18H2,1-3H3,(H,38,45)/t20-/m1/s1. The highest BCUT2D eigenvalue weighted by Crippen LogP contribution is 2.33. The van der Waals surface area contributed by atoms with Crippen molar-refractivity contribution in [1.29, 1.82) is 0 Å². The number of carbonyl (C=O) groups excluding carboxylic acids is 3. The summed E-state index contributed by atoms with van der Waals surface area (Å²) in [6.07, 6.45) is -5.65. The van der Waals surface area contributed by atoms with Crippen molar-refractivity contribution in [3.8, 4) is 0 Å². The van der Waals surface area contributed by atoms with E-state index >= 15 is 0 Å². The van der Waals surface area contributed by atoms with Gasteiger partial charge in [-0.05, 0) is 58.2 Å². The van der Waals surface area contributed by atoms with Gasteiger partial charge in [-0.3, -0.25) is 9.69 Å². The van der Waals surface area contributed by atoms with Crippen molar-refractivity contribution in [1.82, 2.24) is 24.7 Å². The first-order chi connectivity index (χ1) is 22.5. The van der Waals surface area contributed by atoms with Gasteiger partial charge in [-0.25, -0.2) is 27.7 Å². The molecular weight excluding hydrogens is 652 g/mol. The summed E-state index contributed by atoms with van der Waals surface area (Å²) in [5.74, 6) is -6.91. The van der Waals surface area contributed by atoms with Gasteiger partial charge in [0.2, 0.25) is 11.7 Å². The molecule has 4 rings (SSSR count). The van der Waals surface area contributed by atoms with Crippen molar-refractivity contribution in [2.45, 2.75) is 77.4 Å². The van der Waals surface area contributed by atoms with E-state index in [0.717, 1.165) is 24.2 Å². The zero-order chi connectivity index (χ0) is 35.2. The van der Waals surface area contributed by atoms with E-state index in [1.807, 2.05) is 0 Å². The molecule has 0 radical (unpaired) electrons. The lowest BCUT2D eigenvalue weighted by atomic mass is 10.0. The molecule has 3 heterocycles. The Bertz CT molecular complexity index is 1470. The summed E-state index contributed by atoms with van der Waals surface area (Å²) in [5, 5.41) is 2.44. The molecule has 2 amide bonds. The maximum Gasteiger partial charge on any atom is 0.449 e. The summed E-state index contributed by atoms with van der Waals surface area (Å²) in [6.45, 7) is 7.31. The fourth-order valence-corrected chi connectivity index (χ4v) is 5.43. The monoisotopic (exact) mass is 691 g/mol. The third-order valence-corrected chi connectivity index (χ3v) is 7.71. The predicted molar refractivity (Wildman–Crippen MR) is 157 cm³/mol. The van der Waals surface area contributed by atoms with Gasteiger partial charge in [0.25, 0.3) is 0 Å². The summed E-state index contributed by atoms with van der Waals surface area (Å²) in [7, 11) is 0. The number of carbonyl (C=O) groups is 3. The molecule has 0 bridgehead atoms. The second-order valence-corrected chi connectivity index (χ2v) is 12.6. The lowest BCUT2D eigenvalue weighted by Gasteiger charge is -2.31. The smallest absolute Gasteiger partial charge is 0.449 e. The lowest BCUT2D eigenvalue weighted by molar-refractivity contribution is -0.148. The molecule has 48 heavy (non-hydrogen) atoms. The number of amides is 2. The van der Waals surface area contributed by atoms with Crippen molar-refractivity contribution < 1.29 is 54.9 Å². The number of aromatic nitrogens is 2. The molecule has 1 aromatic carbocycles. The molecule has 1 aromatic heterocycles. The van der Waals surface area contributed by atoms with Crippen LogP contribution >= 0.6 is 0 Å². The van der Waals surface area contributed by atoms with E-state index < -0.39 is 84.1 Å². The molecule has 2 aromatic rings. The molecular formula is C31H39F6N5O6. The Labute approximate surface area is 273 Å². The maximum atomic E-state index is 14.5. The molecule has 0 unspecified atom stereocenters. The number of fused-ring (bicyclic) bond motifs is 1. The molecule has 266 valence electrons. The lowest BCUT2D eigenvalue weighted by Crippen LogP contribution is -2.45. The fourth-order valence-electron chi connectivity index (χ4n) is 5.43. The number of halogens is 6. The molecule has 0 aliphatic carbocycles. The highest BCUT2D eigenvalue weighted by atomic mass is 19.4. The van der Waals surface area contributed by atoms with E-state index in [9.17, 15) is 40.7 Å². The number of rotatable bonds is 11. The van der Waals surface area contributed by atoms with Crippen molar-refractivity contribution in [2.75, 3.05) is 46.0 Å². The van der Waals surface area contributed by atoms with E-state index in [4.69, 9.17) is 14.2 Å². The Morgan fingerprint density at radius 1 is 0.979 bits per heavy atom. The van der Waals surface area contributed by atoms with E-state index in [2.05, 4.69) is 15.2 Å². The molecule has 0 saturated carbocycles. The SMILES string of the molecule is CC(C)(C)OC(=O)N[C@@H](CC(=O)N1CCn2c(C(F)(F)F)nc(C(=O)OCCCCN3CCOCC3)c2C1)Cc1cc(F)c(F)cc1F. The maximum absolute atomic E-state index is 14.5. The molecule has 2 aliphatic heterocycles. The van der Waals surface area contributed by atoms with Gasteiger partial charge in [0.15, 0.2) is 17.3 Å². The van der Waals surface area contributed by atoms with Crippen LogP contribution in [0.3, 0.4) is 0 Å². The first-order valence-corrected chi connectivity index (χ1v) is 15.6. The zero-order valence-electron chi connectivity index (χ0n) is 26.9. The highest BCUT2D eigenvalue weighted by Gasteiger charge is 2.42. The van der Waals surface area contributed by atoms with Crippen molar-refractivity contribution in [3.05, 3.63) is 52.4 Å². The third-order valence-electron chi connectivity index (χ3n) is 7.71. The van der Waals surface area contributed by atoms with Crippen LogP contribution in [0, 0.1) is 17.5 Å². The van der Waals surface area contributed by atoms with Crippen LogP contribution < -0.4 is 5.32 Å². The average Bonchev–Trinajstić information content (AvgIpc) is 3.39. The molecule has 2 aliphatic rings. The van der Waals surface area contributed by atoms with Gasteiger partial charge in [0.05, 0.1) is 32.1 Å². The highest BCUT2D eigenvalue weighted by molar-refractivity contribution is 5.89. The summed E-state index contributed by atoms with van der Waals surface area (Å²) in [6, 6.07) is -0.241. The number of nitrogens with zero attached hydrogens (tertiary/aromatic N) is 4. The first kappa shape index (κ1) is 37.0. The number of nitrogens with one attached hydrogen (secondary N) is 1. The quantitative estimate of drug-likeness (QED) is 0.159. The Kier molecular flexibility index (Phi) is 12.0. The first-order valence-electron chi connectivity index (χ1n) is 15.6. The van der Waals surface area contributed by atoms with E-state index in [1.165, 1.54) is 4.90 Å². The number of ether oxygens (including phenoxy) is 3. The van der Waals surface area contributed by atoms with Gasteiger partial charge in [0.1, 0.15) is 11.4 Å². The number of hydrogen-bond donors (Lipinski definition) is 1. The third kappa shape index (κ3) is 10.1. The van der Waals surface area contributed by atoms with E-state index in [0.29, 0.717) is 38.2 Å². The number of unbranched alkanes of at least 4 members (excludes halogenated alkanes) is 1. The van der Waals surface area contributed by atoms with Gasteiger partial charge in [-0.15, -0.1) is 0 Å². The Morgan fingerprint density at radius 3 is 2.33 bits per heavy atom. The number of benzene rings is 1. The Hall–Kier alpha value is -3.86. The summed E-state index contributed by atoms with van der Waals surface area (Å²) in [5.41, 5.74) is -2.02.